The van der Waals surface area contributed by atoms with Crippen LogP contribution >= 0.6 is 11.5 Å². The maximum absolute atomic E-state index is 5.37. The van der Waals surface area contributed by atoms with E-state index in [2.05, 4.69) is 47.3 Å². The third kappa shape index (κ3) is 4.68. The third-order valence-electron chi connectivity index (χ3n) is 3.37. The average Bonchev–Trinajstić information content (AvgIpc) is 2.86. The lowest BCUT2D eigenvalue weighted by Crippen LogP contribution is -2.40. The van der Waals surface area contributed by atoms with Crippen LogP contribution in [0.5, 0.6) is 0 Å². The molecule has 1 aliphatic rings. The third-order valence-corrected chi connectivity index (χ3v) is 4.04. The maximum atomic E-state index is 5.37. The lowest BCUT2D eigenvalue weighted by Gasteiger charge is -2.29. The highest BCUT2D eigenvalue weighted by Crippen LogP contribution is 2.23. The topological polar surface area (TPSA) is 50.3 Å². The minimum atomic E-state index is 0.0237. The second-order valence-electron chi connectivity index (χ2n) is 6.57. The minimum Gasteiger partial charge on any atom is -0.379 e. The van der Waals surface area contributed by atoms with Crippen LogP contribution in [0, 0.1) is 5.92 Å². The molecule has 0 aromatic carbocycles. The first-order chi connectivity index (χ1) is 9.45. The summed E-state index contributed by atoms with van der Waals surface area (Å²) in [6, 6.07) is 0. The molecule has 1 unspecified atom stereocenters. The van der Waals surface area contributed by atoms with Crippen LogP contribution in [0.2, 0.25) is 0 Å². The number of rotatable bonds is 5. The Morgan fingerprint density at radius 1 is 1.35 bits per heavy atom. The summed E-state index contributed by atoms with van der Waals surface area (Å²) in [5, 5.41) is 4.35. The fourth-order valence-corrected chi connectivity index (χ4v) is 2.91. The number of aromatic nitrogens is 2. The van der Waals surface area contributed by atoms with Crippen molar-refractivity contribution in [3.05, 3.63) is 5.82 Å². The normalized spacial score (nSPS) is 19.0. The Hall–Kier alpha value is -0.720. The average molecular weight is 298 g/mol. The standard InChI is InChI=1S/C14H26N4OS/c1-11(10-18-5-7-19-8-6-18)9-15-13-16-12(17-20-13)14(2,3)4/h11H,5-10H2,1-4H3,(H,15,16,17). The van der Waals surface area contributed by atoms with E-state index >= 15 is 0 Å². The summed E-state index contributed by atoms with van der Waals surface area (Å²) in [5.74, 6) is 1.51. The molecular formula is C14H26N4OS. The molecule has 1 aliphatic heterocycles. The molecule has 0 aliphatic carbocycles. The SMILES string of the molecule is CC(CNc1nc(C(C)(C)C)ns1)CN1CCOCC1. The van der Waals surface area contributed by atoms with Crippen LogP contribution in [0.25, 0.3) is 0 Å². The van der Waals surface area contributed by atoms with Gasteiger partial charge in [-0.1, -0.05) is 27.7 Å². The molecule has 0 bridgehead atoms. The molecule has 1 fully saturated rings. The van der Waals surface area contributed by atoms with E-state index in [0.717, 1.165) is 50.3 Å². The predicted molar refractivity (Wildman–Crippen MR) is 83.5 cm³/mol. The fraction of sp³-hybridized carbons (Fsp3) is 0.857. The van der Waals surface area contributed by atoms with Gasteiger partial charge in [0.25, 0.3) is 0 Å². The smallest absolute Gasteiger partial charge is 0.202 e. The molecule has 1 saturated heterocycles. The number of morpholine rings is 1. The predicted octanol–water partition coefficient (Wildman–Crippen LogP) is 2.22. The molecule has 0 radical (unpaired) electrons. The highest BCUT2D eigenvalue weighted by Gasteiger charge is 2.20. The lowest BCUT2D eigenvalue weighted by molar-refractivity contribution is 0.0325. The quantitative estimate of drug-likeness (QED) is 0.903. The second kappa shape index (κ2) is 6.83. The number of ether oxygens (including phenoxy) is 1. The Bertz CT molecular complexity index is 410. The van der Waals surface area contributed by atoms with Gasteiger partial charge >= 0.3 is 0 Å². The van der Waals surface area contributed by atoms with Crippen molar-refractivity contribution in [2.75, 3.05) is 44.7 Å². The van der Waals surface area contributed by atoms with Gasteiger partial charge in [-0.2, -0.15) is 4.37 Å². The molecule has 0 saturated carbocycles. The first kappa shape index (κ1) is 15.7. The molecule has 5 nitrogen and oxygen atoms in total. The number of hydrogen-bond donors (Lipinski definition) is 1. The molecule has 114 valence electrons. The van der Waals surface area contributed by atoms with Crippen molar-refractivity contribution in [3.63, 3.8) is 0 Å². The van der Waals surface area contributed by atoms with E-state index in [1.807, 2.05) is 0 Å². The van der Waals surface area contributed by atoms with Gasteiger partial charge in [-0.05, 0) is 5.92 Å². The van der Waals surface area contributed by atoms with Crippen LogP contribution in [-0.4, -0.2) is 53.7 Å². The minimum absolute atomic E-state index is 0.0237. The van der Waals surface area contributed by atoms with Crippen molar-refractivity contribution >= 4 is 16.7 Å². The van der Waals surface area contributed by atoms with E-state index in [0.29, 0.717) is 5.92 Å². The molecule has 1 aromatic heterocycles. The van der Waals surface area contributed by atoms with Crippen molar-refractivity contribution in [2.45, 2.75) is 33.1 Å². The van der Waals surface area contributed by atoms with Gasteiger partial charge in [0.15, 0.2) is 0 Å². The molecule has 1 atom stereocenters. The number of nitrogens with one attached hydrogen (secondary N) is 1. The second-order valence-corrected chi connectivity index (χ2v) is 7.32. The van der Waals surface area contributed by atoms with Gasteiger partial charge in [0, 0.05) is 43.1 Å². The molecule has 1 aromatic rings. The van der Waals surface area contributed by atoms with Gasteiger partial charge in [-0.3, -0.25) is 4.90 Å². The molecular weight excluding hydrogens is 272 g/mol. The number of anilines is 1. The highest BCUT2D eigenvalue weighted by molar-refractivity contribution is 7.09. The Balaban J connectivity index is 1.75. The van der Waals surface area contributed by atoms with Gasteiger partial charge in [0.2, 0.25) is 5.13 Å². The summed E-state index contributed by atoms with van der Waals surface area (Å²) >= 11 is 1.46. The van der Waals surface area contributed by atoms with E-state index in [-0.39, 0.29) is 5.41 Å². The maximum Gasteiger partial charge on any atom is 0.202 e. The summed E-state index contributed by atoms with van der Waals surface area (Å²) < 4.78 is 9.79. The van der Waals surface area contributed by atoms with Crippen LogP contribution in [0.3, 0.4) is 0 Å². The van der Waals surface area contributed by atoms with Gasteiger partial charge < -0.3 is 10.1 Å². The first-order valence-electron chi connectivity index (χ1n) is 7.33. The van der Waals surface area contributed by atoms with Crippen LogP contribution in [0.1, 0.15) is 33.5 Å². The van der Waals surface area contributed by atoms with Crippen LogP contribution < -0.4 is 5.32 Å². The number of nitrogens with zero attached hydrogens (tertiary/aromatic N) is 3. The molecule has 0 spiro atoms. The fourth-order valence-electron chi connectivity index (χ4n) is 2.15. The summed E-state index contributed by atoms with van der Waals surface area (Å²) in [6.07, 6.45) is 0. The first-order valence-corrected chi connectivity index (χ1v) is 8.10. The Morgan fingerprint density at radius 3 is 2.65 bits per heavy atom. The molecule has 2 rings (SSSR count). The van der Waals surface area contributed by atoms with Crippen LogP contribution in [0.15, 0.2) is 0 Å². The highest BCUT2D eigenvalue weighted by atomic mass is 32.1. The lowest BCUT2D eigenvalue weighted by atomic mass is 9.96. The van der Waals surface area contributed by atoms with Gasteiger partial charge in [-0.15, -0.1) is 0 Å². The Labute approximate surface area is 125 Å². The summed E-state index contributed by atoms with van der Waals surface area (Å²) in [5.41, 5.74) is 0.0237. The Morgan fingerprint density at radius 2 is 2.05 bits per heavy atom. The summed E-state index contributed by atoms with van der Waals surface area (Å²) in [7, 11) is 0. The molecule has 1 N–H and O–H groups in total. The van der Waals surface area contributed by atoms with E-state index < -0.39 is 0 Å². The zero-order chi connectivity index (χ0) is 14.6. The molecule has 20 heavy (non-hydrogen) atoms. The summed E-state index contributed by atoms with van der Waals surface area (Å²) in [4.78, 5) is 7.03. The van der Waals surface area contributed by atoms with Crippen molar-refractivity contribution in [1.29, 1.82) is 0 Å². The summed E-state index contributed by atoms with van der Waals surface area (Å²) in [6.45, 7) is 14.6. The molecule has 6 heteroatoms. The van der Waals surface area contributed by atoms with E-state index in [1.165, 1.54) is 11.5 Å². The number of hydrogen-bond acceptors (Lipinski definition) is 6. The zero-order valence-corrected chi connectivity index (χ0v) is 13.8. The largest absolute Gasteiger partial charge is 0.379 e. The van der Waals surface area contributed by atoms with Gasteiger partial charge in [-0.25, -0.2) is 4.98 Å². The van der Waals surface area contributed by atoms with E-state index in [1.54, 1.807) is 0 Å². The van der Waals surface area contributed by atoms with E-state index in [9.17, 15) is 0 Å². The van der Waals surface area contributed by atoms with Crippen LogP contribution in [0.4, 0.5) is 5.13 Å². The van der Waals surface area contributed by atoms with Crippen molar-refractivity contribution in [3.8, 4) is 0 Å². The van der Waals surface area contributed by atoms with Crippen molar-refractivity contribution in [1.82, 2.24) is 14.3 Å². The molecule has 0 amide bonds. The van der Waals surface area contributed by atoms with Crippen LogP contribution in [-0.2, 0) is 10.2 Å². The van der Waals surface area contributed by atoms with Gasteiger partial charge in [0.05, 0.1) is 13.2 Å². The Kier molecular flexibility index (Phi) is 5.35. The zero-order valence-electron chi connectivity index (χ0n) is 13.0. The molecule has 2 heterocycles. The monoisotopic (exact) mass is 298 g/mol. The van der Waals surface area contributed by atoms with Gasteiger partial charge in [0.1, 0.15) is 5.82 Å². The van der Waals surface area contributed by atoms with Crippen molar-refractivity contribution < 1.29 is 4.74 Å². The van der Waals surface area contributed by atoms with E-state index in [4.69, 9.17) is 4.74 Å². The van der Waals surface area contributed by atoms with Crippen molar-refractivity contribution in [2.24, 2.45) is 5.92 Å².